The molecule has 3 N–H and O–H groups in total. The Hall–Kier alpha value is -1.94. The zero-order valence-corrected chi connectivity index (χ0v) is 51.6. The van der Waals surface area contributed by atoms with Gasteiger partial charge < -0.3 is 33.8 Å². The van der Waals surface area contributed by atoms with Crippen molar-refractivity contribution in [3.63, 3.8) is 0 Å². The number of rotatable bonds is 59. The molecule has 5 atom stereocenters. The second-order valence-corrected chi connectivity index (χ2v) is 24.8. The van der Waals surface area contributed by atoms with Crippen LogP contribution in [0.4, 0.5) is 0 Å². The summed E-state index contributed by atoms with van der Waals surface area (Å²) in [5.74, 6) is -1.37. The molecule has 0 rings (SSSR count). The Morgan fingerprint density at radius 2 is 0.590 bits per heavy atom. The highest BCUT2D eigenvalue weighted by atomic mass is 31.2. The summed E-state index contributed by atoms with van der Waals surface area (Å²) in [4.78, 5) is 71.5. The summed E-state index contributed by atoms with van der Waals surface area (Å²) in [5.41, 5.74) is 0. The second kappa shape index (κ2) is 53.1. The average Bonchev–Trinajstić information content (AvgIpc) is 3.40. The number of hydrogen-bond donors (Lipinski definition) is 3. The molecule has 2 unspecified atom stereocenters. The quantitative estimate of drug-likeness (QED) is 0.0222. The molecule has 0 amide bonds. The molecule has 0 bridgehead atoms. The zero-order valence-electron chi connectivity index (χ0n) is 49.8. The van der Waals surface area contributed by atoms with Gasteiger partial charge in [0.2, 0.25) is 0 Å². The molecule has 0 aliphatic rings. The highest BCUT2D eigenvalue weighted by Crippen LogP contribution is 2.45. The lowest BCUT2D eigenvalue weighted by Crippen LogP contribution is -2.30. The third-order valence-electron chi connectivity index (χ3n) is 13.5. The van der Waals surface area contributed by atoms with E-state index in [1.807, 2.05) is 0 Å². The smallest absolute Gasteiger partial charge is 0.462 e. The van der Waals surface area contributed by atoms with Crippen LogP contribution in [0.1, 0.15) is 291 Å². The fourth-order valence-electron chi connectivity index (χ4n) is 8.70. The SMILES string of the molecule is CCCCCCCCCCCCCCC(=O)OC[C@H](COP(=O)(O)OC[C@@H](O)COP(=O)(O)OC[C@@H](COC(=O)CCCCCCC)OC(=O)CCCCCCC)OC(=O)CCCCCCCCCCCCCCCC(C)C. The summed E-state index contributed by atoms with van der Waals surface area (Å²) in [5, 5.41) is 10.5. The van der Waals surface area contributed by atoms with Gasteiger partial charge in [0.15, 0.2) is 12.2 Å². The fraction of sp³-hybridized carbons (Fsp3) is 0.932. The molecule has 19 heteroatoms. The topological polar surface area (TPSA) is 237 Å². The van der Waals surface area contributed by atoms with Gasteiger partial charge in [-0.2, -0.15) is 0 Å². The largest absolute Gasteiger partial charge is 0.472 e. The Balaban J connectivity index is 5.11. The maximum atomic E-state index is 12.9. The summed E-state index contributed by atoms with van der Waals surface area (Å²) in [6.45, 7) is 6.99. The first kappa shape index (κ1) is 76.1. The van der Waals surface area contributed by atoms with Crippen molar-refractivity contribution in [2.75, 3.05) is 39.6 Å². The number of ether oxygens (including phenoxy) is 4. The first-order valence-corrected chi connectivity index (χ1v) is 34.1. The van der Waals surface area contributed by atoms with Crippen molar-refractivity contribution < 1.29 is 80.2 Å². The monoisotopic (exact) mass is 1160 g/mol. The molecule has 0 spiro atoms. The third kappa shape index (κ3) is 53.4. The van der Waals surface area contributed by atoms with Gasteiger partial charge in [-0.3, -0.25) is 37.3 Å². The van der Waals surface area contributed by atoms with E-state index in [2.05, 4.69) is 34.6 Å². The van der Waals surface area contributed by atoms with Crippen LogP contribution in [-0.2, 0) is 65.4 Å². The third-order valence-corrected chi connectivity index (χ3v) is 15.4. The molecule has 0 aromatic carbocycles. The van der Waals surface area contributed by atoms with Crippen molar-refractivity contribution in [2.45, 2.75) is 310 Å². The molecule has 0 fully saturated rings. The van der Waals surface area contributed by atoms with E-state index in [0.717, 1.165) is 102 Å². The number of aliphatic hydroxyl groups excluding tert-OH is 1. The Morgan fingerprint density at radius 1 is 0.346 bits per heavy atom. The predicted molar refractivity (Wildman–Crippen MR) is 308 cm³/mol. The standard InChI is InChI=1S/C59H114O17P2/c1-6-9-12-15-16-17-18-23-26-29-34-38-43-57(62)70-49-55(76-59(64)45-40-35-30-27-24-21-19-20-22-25-28-33-36-41-52(4)5)51-74-78(67,68)72-47-53(60)46-71-77(65,66)73-50-54(75-58(63)44-39-32-14-11-8-3)48-69-56(61)42-37-31-13-10-7-2/h52-55,60H,6-51H2,1-5H3,(H,65,66)(H,67,68)/t53-,54+,55+/m0/s1. The fourth-order valence-corrected chi connectivity index (χ4v) is 10.3. The molecule has 78 heavy (non-hydrogen) atoms. The Morgan fingerprint density at radius 3 is 0.872 bits per heavy atom. The number of unbranched alkanes of at least 4 members (excludes halogenated alkanes) is 31. The zero-order chi connectivity index (χ0) is 57.8. The van der Waals surface area contributed by atoms with Crippen LogP contribution in [0.15, 0.2) is 0 Å². The molecule has 0 saturated carbocycles. The molecule has 0 aromatic heterocycles. The van der Waals surface area contributed by atoms with Crippen LogP contribution in [0.5, 0.6) is 0 Å². The van der Waals surface area contributed by atoms with E-state index in [1.54, 1.807) is 0 Å². The van der Waals surface area contributed by atoms with Crippen LogP contribution < -0.4 is 0 Å². The van der Waals surface area contributed by atoms with Crippen LogP contribution in [0, 0.1) is 5.92 Å². The van der Waals surface area contributed by atoms with Gasteiger partial charge in [0.05, 0.1) is 26.4 Å². The lowest BCUT2D eigenvalue weighted by molar-refractivity contribution is -0.161. The number of hydrogen-bond acceptors (Lipinski definition) is 15. The van der Waals surface area contributed by atoms with E-state index >= 15 is 0 Å². The molecule has 462 valence electrons. The first-order chi connectivity index (χ1) is 37.5. The predicted octanol–water partition coefficient (Wildman–Crippen LogP) is 15.8. The summed E-state index contributed by atoms with van der Waals surface area (Å²) in [6, 6.07) is 0. The molecular weight excluding hydrogens is 1040 g/mol. The summed E-state index contributed by atoms with van der Waals surface area (Å²) >= 11 is 0. The van der Waals surface area contributed by atoms with Gasteiger partial charge in [0.25, 0.3) is 0 Å². The van der Waals surface area contributed by atoms with Gasteiger partial charge in [-0.25, -0.2) is 9.13 Å². The van der Waals surface area contributed by atoms with E-state index in [4.69, 9.17) is 37.0 Å². The minimum absolute atomic E-state index is 0.0988. The van der Waals surface area contributed by atoms with Crippen LogP contribution in [0.25, 0.3) is 0 Å². The van der Waals surface area contributed by atoms with Crippen molar-refractivity contribution in [2.24, 2.45) is 5.92 Å². The lowest BCUT2D eigenvalue weighted by atomic mass is 10.0. The molecule has 0 aromatic rings. The molecule has 0 aliphatic heterocycles. The average molecular weight is 1160 g/mol. The van der Waals surface area contributed by atoms with Gasteiger partial charge in [0.1, 0.15) is 19.3 Å². The normalized spacial score (nSPS) is 14.4. The molecule has 0 saturated heterocycles. The number of carbonyl (C=O) groups is 4. The van der Waals surface area contributed by atoms with E-state index in [0.29, 0.717) is 25.7 Å². The van der Waals surface area contributed by atoms with Gasteiger partial charge in [-0.05, 0) is 31.6 Å². The molecular formula is C59H114O17P2. The van der Waals surface area contributed by atoms with E-state index < -0.39 is 97.5 Å². The maximum Gasteiger partial charge on any atom is 0.472 e. The summed E-state index contributed by atoms with van der Waals surface area (Å²) in [6.07, 6.45) is 35.6. The molecule has 17 nitrogen and oxygen atoms in total. The number of esters is 4. The Labute approximate surface area is 473 Å². The minimum Gasteiger partial charge on any atom is -0.462 e. The molecule has 0 heterocycles. The van der Waals surface area contributed by atoms with Crippen molar-refractivity contribution in [1.82, 2.24) is 0 Å². The van der Waals surface area contributed by atoms with Crippen molar-refractivity contribution in [3.05, 3.63) is 0 Å². The molecule has 0 radical (unpaired) electrons. The van der Waals surface area contributed by atoms with Crippen molar-refractivity contribution in [1.29, 1.82) is 0 Å². The van der Waals surface area contributed by atoms with Gasteiger partial charge in [-0.15, -0.1) is 0 Å². The highest BCUT2D eigenvalue weighted by Gasteiger charge is 2.30. The first-order valence-electron chi connectivity index (χ1n) is 31.1. The number of carbonyl (C=O) groups excluding carboxylic acids is 4. The number of phosphoric acid groups is 2. The lowest BCUT2D eigenvalue weighted by Gasteiger charge is -2.21. The van der Waals surface area contributed by atoms with Gasteiger partial charge >= 0.3 is 39.5 Å². The van der Waals surface area contributed by atoms with Crippen LogP contribution in [0.2, 0.25) is 0 Å². The van der Waals surface area contributed by atoms with E-state index in [9.17, 15) is 43.2 Å². The van der Waals surface area contributed by atoms with Gasteiger partial charge in [-0.1, -0.05) is 240 Å². The van der Waals surface area contributed by atoms with Crippen molar-refractivity contribution in [3.8, 4) is 0 Å². The minimum atomic E-state index is -4.94. The number of phosphoric ester groups is 2. The van der Waals surface area contributed by atoms with Crippen LogP contribution in [0.3, 0.4) is 0 Å². The second-order valence-electron chi connectivity index (χ2n) is 21.9. The Kier molecular flexibility index (Phi) is 51.8. The summed E-state index contributed by atoms with van der Waals surface area (Å²) in [7, 11) is -9.86. The molecule has 0 aliphatic carbocycles. The number of aliphatic hydroxyl groups is 1. The van der Waals surface area contributed by atoms with Crippen LogP contribution in [-0.4, -0.2) is 96.7 Å². The van der Waals surface area contributed by atoms with Gasteiger partial charge in [0, 0.05) is 25.7 Å². The Bertz CT molecular complexity index is 1530. The van der Waals surface area contributed by atoms with E-state index in [-0.39, 0.29) is 25.7 Å². The highest BCUT2D eigenvalue weighted by molar-refractivity contribution is 7.47. The maximum absolute atomic E-state index is 12.9. The van der Waals surface area contributed by atoms with E-state index in [1.165, 1.54) is 109 Å². The van der Waals surface area contributed by atoms with Crippen LogP contribution >= 0.6 is 15.6 Å². The van der Waals surface area contributed by atoms with Crippen molar-refractivity contribution >= 4 is 39.5 Å². The summed E-state index contributed by atoms with van der Waals surface area (Å²) < 4.78 is 67.4.